The molecule has 1 aliphatic carbocycles. The third-order valence-corrected chi connectivity index (χ3v) is 4.38. The number of aromatic nitrogens is 2. The number of rotatable bonds is 3. The SMILES string of the molecule is CC(=O)C1=C(O)C(=O)N(c2ccc3[nH]cnc3c2)C1C1CC1. The molecule has 0 bridgehead atoms. The van der Waals surface area contributed by atoms with E-state index in [0.717, 1.165) is 23.9 Å². The first-order valence-corrected chi connectivity index (χ1v) is 7.28. The number of imidazole rings is 1. The molecule has 4 rings (SSSR count). The number of carbonyl (C=O) groups excluding carboxylic acids is 2. The van der Waals surface area contributed by atoms with Crippen molar-refractivity contribution in [1.82, 2.24) is 9.97 Å². The fraction of sp³-hybridized carbons (Fsp3) is 0.312. The highest BCUT2D eigenvalue weighted by Gasteiger charge is 2.49. The number of aliphatic hydroxyl groups is 1. The highest BCUT2D eigenvalue weighted by molar-refractivity contribution is 6.16. The zero-order valence-electron chi connectivity index (χ0n) is 12.0. The summed E-state index contributed by atoms with van der Waals surface area (Å²) in [5.41, 5.74) is 2.52. The minimum absolute atomic E-state index is 0.238. The number of anilines is 1. The van der Waals surface area contributed by atoms with Crippen LogP contribution < -0.4 is 4.90 Å². The zero-order chi connectivity index (χ0) is 15.4. The predicted octanol–water partition coefficient (Wildman–Crippen LogP) is 2.09. The molecule has 1 aromatic carbocycles. The largest absolute Gasteiger partial charge is 0.503 e. The number of ketones is 1. The number of hydrogen-bond acceptors (Lipinski definition) is 4. The summed E-state index contributed by atoms with van der Waals surface area (Å²) in [7, 11) is 0. The van der Waals surface area contributed by atoms with Gasteiger partial charge in [0.1, 0.15) is 0 Å². The van der Waals surface area contributed by atoms with Crippen molar-refractivity contribution in [2.45, 2.75) is 25.8 Å². The van der Waals surface area contributed by atoms with Gasteiger partial charge in [0.2, 0.25) is 0 Å². The van der Waals surface area contributed by atoms with Crippen molar-refractivity contribution in [3.8, 4) is 0 Å². The molecule has 6 heteroatoms. The molecular formula is C16H15N3O3. The maximum atomic E-state index is 12.5. The molecule has 112 valence electrons. The number of hydrogen-bond donors (Lipinski definition) is 2. The van der Waals surface area contributed by atoms with Crippen molar-refractivity contribution < 1.29 is 14.7 Å². The molecular weight excluding hydrogens is 282 g/mol. The van der Waals surface area contributed by atoms with Gasteiger partial charge in [0.05, 0.1) is 29.0 Å². The summed E-state index contributed by atoms with van der Waals surface area (Å²) >= 11 is 0. The van der Waals surface area contributed by atoms with E-state index in [1.165, 1.54) is 11.8 Å². The summed E-state index contributed by atoms with van der Waals surface area (Å²) in [4.78, 5) is 33.1. The first kappa shape index (κ1) is 13.1. The van der Waals surface area contributed by atoms with Gasteiger partial charge in [-0.2, -0.15) is 0 Å². The number of benzene rings is 1. The first-order chi connectivity index (χ1) is 10.6. The summed E-state index contributed by atoms with van der Waals surface area (Å²) in [6.45, 7) is 1.40. The molecule has 1 aliphatic heterocycles. The molecule has 1 aromatic heterocycles. The molecule has 2 N–H and O–H groups in total. The molecule has 22 heavy (non-hydrogen) atoms. The van der Waals surface area contributed by atoms with E-state index in [2.05, 4.69) is 9.97 Å². The third-order valence-electron chi connectivity index (χ3n) is 4.38. The van der Waals surface area contributed by atoms with E-state index in [1.54, 1.807) is 12.4 Å². The van der Waals surface area contributed by atoms with Crippen molar-refractivity contribution >= 4 is 28.4 Å². The van der Waals surface area contributed by atoms with Crippen LogP contribution in [0.4, 0.5) is 5.69 Å². The fourth-order valence-corrected chi connectivity index (χ4v) is 3.21. The Hall–Kier alpha value is -2.63. The highest BCUT2D eigenvalue weighted by atomic mass is 16.3. The van der Waals surface area contributed by atoms with Gasteiger partial charge in [-0.05, 0) is 43.9 Å². The number of fused-ring (bicyclic) bond motifs is 1. The van der Waals surface area contributed by atoms with Crippen LogP contribution in [-0.4, -0.2) is 32.8 Å². The minimum Gasteiger partial charge on any atom is -0.503 e. The summed E-state index contributed by atoms with van der Waals surface area (Å²) in [6, 6.07) is 5.10. The number of aromatic amines is 1. The molecule has 1 unspecified atom stereocenters. The number of H-pyrrole nitrogens is 1. The Kier molecular flexibility index (Phi) is 2.63. The van der Waals surface area contributed by atoms with Crippen LogP contribution in [0.3, 0.4) is 0 Å². The Bertz CT molecular complexity index is 832. The van der Waals surface area contributed by atoms with Crippen molar-refractivity contribution in [2.75, 3.05) is 4.90 Å². The van der Waals surface area contributed by atoms with Crippen LogP contribution in [0.1, 0.15) is 19.8 Å². The maximum absolute atomic E-state index is 12.5. The predicted molar refractivity (Wildman–Crippen MR) is 80.4 cm³/mol. The second kappa shape index (κ2) is 4.43. The van der Waals surface area contributed by atoms with Crippen LogP contribution in [0.25, 0.3) is 11.0 Å². The van der Waals surface area contributed by atoms with E-state index < -0.39 is 11.7 Å². The van der Waals surface area contributed by atoms with Crippen LogP contribution in [0, 0.1) is 5.92 Å². The van der Waals surface area contributed by atoms with Gasteiger partial charge in [0.15, 0.2) is 11.5 Å². The lowest BCUT2D eigenvalue weighted by atomic mass is 10.00. The normalized spacial score (nSPS) is 22.0. The molecule has 0 saturated heterocycles. The van der Waals surface area contributed by atoms with Gasteiger partial charge in [0.25, 0.3) is 5.91 Å². The van der Waals surface area contributed by atoms with Gasteiger partial charge in [-0.25, -0.2) is 4.98 Å². The van der Waals surface area contributed by atoms with Crippen molar-refractivity contribution in [1.29, 1.82) is 0 Å². The van der Waals surface area contributed by atoms with Crippen molar-refractivity contribution in [3.63, 3.8) is 0 Å². The molecule has 2 aromatic rings. The number of Topliss-reactive ketones (excluding diaryl/α,β-unsaturated/α-hetero) is 1. The lowest BCUT2D eigenvalue weighted by molar-refractivity contribution is -0.117. The number of aliphatic hydroxyl groups excluding tert-OH is 1. The Labute approximate surface area is 126 Å². The molecule has 1 atom stereocenters. The van der Waals surface area contributed by atoms with E-state index in [1.807, 2.05) is 12.1 Å². The van der Waals surface area contributed by atoms with E-state index in [9.17, 15) is 14.7 Å². The molecule has 1 amide bonds. The van der Waals surface area contributed by atoms with E-state index in [0.29, 0.717) is 5.69 Å². The molecule has 1 saturated carbocycles. The van der Waals surface area contributed by atoms with Gasteiger partial charge in [-0.1, -0.05) is 0 Å². The summed E-state index contributed by atoms with van der Waals surface area (Å²) in [5, 5.41) is 10.1. The highest BCUT2D eigenvalue weighted by Crippen LogP contribution is 2.44. The van der Waals surface area contributed by atoms with Crippen LogP contribution in [0.5, 0.6) is 0 Å². The zero-order valence-corrected chi connectivity index (χ0v) is 12.0. The number of amides is 1. The molecule has 0 spiro atoms. The van der Waals surface area contributed by atoms with Crippen LogP contribution >= 0.6 is 0 Å². The summed E-state index contributed by atoms with van der Waals surface area (Å²) in [6.07, 6.45) is 3.52. The molecule has 1 fully saturated rings. The average molecular weight is 297 g/mol. The smallest absolute Gasteiger partial charge is 0.294 e. The van der Waals surface area contributed by atoms with Crippen LogP contribution in [0.2, 0.25) is 0 Å². The van der Waals surface area contributed by atoms with Crippen LogP contribution in [0.15, 0.2) is 35.9 Å². The van der Waals surface area contributed by atoms with E-state index >= 15 is 0 Å². The van der Waals surface area contributed by atoms with Gasteiger partial charge in [-0.3, -0.25) is 14.5 Å². The van der Waals surface area contributed by atoms with Gasteiger partial charge in [-0.15, -0.1) is 0 Å². The third kappa shape index (κ3) is 1.76. The standard InChI is InChI=1S/C16H15N3O3/c1-8(20)13-14(9-2-3-9)19(16(22)15(13)21)10-4-5-11-12(6-10)18-7-17-11/h4-7,9,14,21H,2-3H2,1H3,(H,17,18). The fourth-order valence-electron chi connectivity index (χ4n) is 3.21. The lowest BCUT2D eigenvalue weighted by Crippen LogP contribution is -2.38. The lowest BCUT2D eigenvalue weighted by Gasteiger charge is -2.26. The van der Waals surface area contributed by atoms with E-state index in [4.69, 9.17) is 0 Å². The van der Waals surface area contributed by atoms with Gasteiger partial charge >= 0.3 is 0 Å². The van der Waals surface area contributed by atoms with Gasteiger partial charge < -0.3 is 10.1 Å². The number of nitrogens with zero attached hydrogens (tertiary/aromatic N) is 2. The Balaban J connectivity index is 1.83. The first-order valence-electron chi connectivity index (χ1n) is 7.28. The Morgan fingerprint density at radius 1 is 1.41 bits per heavy atom. The minimum atomic E-state index is -0.503. The average Bonchev–Trinajstić information content (AvgIpc) is 3.16. The van der Waals surface area contributed by atoms with E-state index in [-0.39, 0.29) is 23.3 Å². The molecule has 0 radical (unpaired) electrons. The van der Waals surface area contributed by atoms with Crippen LogP contribution in [-0.2, 0) is 9.59 Å². The quantitative estimate of drug-likeness (QED) is 0.908. The second-order valence-corrected chi connectivity index (χ2v) is 5.88. The van der Waals surface area contributed by atoms with Crippen molar-refractivity contribution in [3.05, 3.63) is 35.9 Å². The monoisotopic (exact) mass is 297 g/mol. The Morgan fingerprint density at radius 2 is 2.18 bits per heavy atom. The Morgan fingerprint density at radius 3 is 2.86 bits per heavy atom. The number of carbonyl (C=O) groups is 2. The van der Waals surface area contributed by atoms with Crippen molar-refractivity contribution in [2.24, 2.45) is 5.92 Å². The maximum Gasteiger partial charge on any atom is 0.294 e. The second-order valence-electron chi connectivity index (χ2n) is 5.88. The molecule has 6 nitrogen and oxygen atoms in total. The topological polar surface area (TPSA) is 86.3 Å². The molecule has 2 aliphatic rings. The summed E-state index contributed by atoms with van der Waals surface area (Å²) in [5.74, 6) is -0.919. The number of nitrogens with one attached hydrogen (secondary N) is 1. The van der Waals surface area contributed by atoms with Gasteiger partial charge in [0, 0.05) is 5.69 Å². The molecule has 2 heterocycles. The summed E-state index contributed by atoms with van der Waals surface area (Å²) < 4.78 is 0.